The lowest BCUT2D eigenvalue weighted by molar-refractivity contribution is -0.134. The summed E-state index contributed by atoms with van der Waals surface area (Å²) < 4.78 is 13.9. The van der Waals surface area contributed by atoms with Gasteiger partial charge >= 0.3 is 0 Å². The number of halogens is 1. The highest BCUT2D eigenvalue weighted by Gasteiger charge is 2.37. The minimum Gasteiger partial charge on any atom is -0.338 e. The molecule has 3 saturated heterocycles. The van der Waals surface area contributed by atoms with E-state index in [2.05, 4.69) is 16.0 Å². The van der Waals surface area contributed by atoms with Crippen molar-refractivity contribution in [3.05, 3.63) is 65.7 Å². The lowest BCUT2D eigenvalue weighted by Crippen LogP contribution is -2.48. The van der Waals surface area contributed by atoms with Gasteiger partial charge in [-0.3, -0.25) is 14.7 Å². The maximum Gasteiger partial charge on any atom is 0.227 e. The number of carbonyl (C=O) groups excluding carboxylic acids is 1. The Labute approximate surface area is 153 Å². The minimum absolute atomic E-state index is 0.0491. The van der Waals surface area contributed by atoms with E-state index in [4.69, 9.17) is 0 Å². The Bertz CT molecular complexity index is 767. The van der Waals surface area contributed by atoms with Gasteiger partial charge in [0.05, 0.1) is 6.42 Å². The monoisotopic (exact) mass is 353 g/mol. The number of aromatic nitrogens is 1. The van der Waals surface area contributed by atoms with Crippen molar-refractivity contribution in [3.8, 4) is 0 Å². The predicted molar refractivity (Wildman–Crippen MR) is 97.8 cm³/mol. The topological polar surface area (TPSA) is 36.4 Å². The Morgan fingerprint density at radius 2 is 2.00 bits per heavy atom. The normalized spacial score (nSPS) is 23.0. The Hall–Kier alpha value is -2.27. The molecule has 0 N–H and O–H groups in total. The number of rotatable bonds is 4. The summed E-state index contributed by atoms with van der Waals surface area (Å²) in [6.07, 6.45) is 6.06. The highest BCUT2D eigenvalue weighted by Crippen LogP contribution is 2.29. The number of nitrogens with zero attached hydrogens (tertiary/aromatic N) is 3. The van der Waals surface area contributed by atoms with Crippen LogP contribution in [0.25, 0.3) is 0 Å². The molecule has 2 atom stereocenters. The van der Waals surface area contributed by atoms with Crippen LogP contribution in [0.3, 0.4) is 0 Å². The van der Waals surface area contributed by atoms with E-state index >= 15 is 0 Å². The van der Waals surface area contributed by atoms with Gasteiger partial charge < -0.3 is 4.90 Å². The number of piperidine rings is 1. The minimum atomic E-state index is -0.293. The molecule has 0 spiro atoms. The zero-order valence-corrected chi connectivity index (χ0v) is 14.9. The van der Waals surface area contributed by atoms with Crippen molar-refractivity contribution in [1.82, 2.24) is 14.8 Å². The fourth-order valence-corrected chi connectivity index (χ4v) is 4.27. The summed E-state index contributed by atoms with van der Waals surface area (Å²) in [4.78, 5) is 21.5. The molecule has 4 heterocycles. The van der Waals surface area contributed by atoms with Crippen molar-refractivity contribution < 1.29 is 9.18 Å². The molecule has 3 aliphatic heterocycles. The fourth-order valence-electron chi connectivity index (χ4n) is 4.27. The molecule has 2 bridgehead atoms. The summed E-state index contributed by atoms with van der Waals surface area (Å²) in [5, 5.41) is 0. The first kappa shape index (κ1) is 17.2. The molecule has 0 saturated carbocycles. The van der Waals surface area contributed by atoms with Crippen LogP contribution in [0.2, 0.25) is 0 Å². The molecule has 0 unspecified atom stereocenters. The lowest BCUT2D eigenvalue weighted by Gasteiger charge is -2.36. The number of hydrogen-bond acceptors (Lipinski definition) is 3. The van der Waals surface area contributed by atoms with Gasteiger partial charge in [0, 0.05) is 44.6 Å². The summed E-state index contributed by atoms with van der Waals surface area (Å²) in [5.41, 5.74) is 1.70. The fraction of sp³-hybridized carbons (Fsp3) is 0.429. The van der Waals surface area contributed by atoms with Crippen molar-refractivity contribution in [2.75, 3.05) is 19.6 Å². The Morgan fingerprint density at radius 3 is 2.81 bits per heavy atom. The SMILES string of the molecule is O=C(Cc1ccccc1F)N1C[C@H]2CC[C@@H]1CN(Cc1cccnc1)C2. The molecule has 5 heteroatoms. The quantitative estimate of drug-likeness (QED) is 0.848. The lowest BCUT2D eigenvalue weighted by atomic mass is 9.94. The number of carbonyl (C=O) groups is 1. The molecule has 1 aromatic carbocycles. The molecule has 136 valence electrons. The van der Waals surface area contributed by atoms with E-state index in [1.807, 2.05) is 17.2 Å². The van der Waals surface area contributed by atoms with Crippen molar-refractivity contribution in [2.45, 2.75) is 31.8 Å². The molecule has 2 aromatic rings. The Morgan fingerprint density at radius 1 is 1.12 bits per heavy atom. The first-order valence-corrected chi connectivity index (χ1v) is 9.33. The van der Waals surface area contributed by atoms with Gasteiger partial charge in [0.1, 0.15) is 5.82 Å². The second-order valence-corrected chi connectivity index (χ2v) is 7.47. The zero-order chi connectivity index (χ0) is 17.9. The van der Waals surface area contributed by atoms with Gasteiger partial charge in [0.2, 0.25) is 5.91 Å². The highest BCUT2D eigenvalue weighted by atomic mass is 19.1. The summed E-state index contributed by atoms with van der Waals surface area (Å²) in [6, 6.07) is 10.9. The smallest absolute Gasteiger partial charge is 0.227 e. The van der Waals surface area contributed by atoms with Crippen molar-refractivity contribution in [2.24, 2.45) is 5.92 Å². The number of benzene rings is 1. The van der Waals surface area contributed by atoms with Crippen LogP contribution in [0.15, 0.2) is 48.8 Å². The molecule has 4 nitrogen and oxygen atoms in total. The number of amides is 1. The molecule has 3 fully saturated rings. The third-order valence-corrected chi connectivity index (χ3v) is 5.54. The average Bonchev–Trinajstić information content (AvgIpc) is 2.95. The third-order valence-electron chi connectivity index (χ3n) is 5.54. The van der Waals surface area contributed by atoms with Gasteiger partial charge in [0.25, 0.3) is 0 Å². The first-order chi connectivity index (χ1) is 12.7. The molecule has 0 aliphatic carbocycles. The van der Waals surface area contributed by atoms with E-state index in [-0.39, 0.29) is 24.2 Å². The van der Waals surface area contributed by atoms with E-state index in [1.54, 1.807) is 24.4 Å². The third kappa shape index (κ3) is 3.78. The molecule has 0 radical (unpaired) electrons. The summed E-state index contributed by atoms with van der Waals surface area (Å²) in [7, 11) is 0. The van der Waals surface area contributed by atoms with Crippen LogP contribution in [0.5, 0.6) is 0 Å². The van der Waals surface area contributed by atoms with Crippen molar-refractivity contribution in [1.29, 1.82) is 0 Å². The number of fused-ring (bicyclic) bond motifs is 4. The van der Waals surface area contributed by atoms with E-state index in [1.165, 1.54) is 11.6 Å². The second-order valence-electron chi connectivity index (χ2n) is 7.47. The summed E-state index contributed by atoms with van der Waals surface area (Å²) in [5.74, 6) is 0.252. The van der Waals surface area contributed by atoms with Crippen LogP contribution >= 0.6 is 0 Å². The molecular weight excluding hydrogens is 329 g/mol. The number of pyridine rings is 1. The van der Waals surface area contributed by atoms with Gasteiger partial charge in [-0.05, 0) is 42.0 Å². The van der Waals surface area contributed by atoms with E-state index < -0.39 is 0 Å². The zero-order valence-electron chi connectivity index (χ0n) is 14.9. The Kier molecular flexibility index (Phi) is 4.98. The first-order valence-electron chi connectivity index (χ1n) is 9.33. The van der Waals surface area contributed by atoms with Crippen LogP contribution in [0, 0.1) is 11.7 Å². The standard InChI is InChI=1S/C21H24FN3O/c22-20-6-2-1-5-18(20)10-21(26)25-14-17-7-8-19(25)15-24(13-17)12-16-4-3-9-23-11-16/h1-6,9,11,17,19H,7-8,10,12-15H2/t17-,19+/m0/s1. The van der Waals surface area contributed by atoms with E-state index in [0.717, 1.165) is 39.0 Å². The van der Waals surface area contributed by atoms with Crippen LogP contribution in [-0.2, 0) is 17.8 Å². The van der Waals surface area contributed by atoms with Crippen molar-refractivity contribution >= 4 is 5.91 Å². The molecule has 5 rings (SSSR count). The van der Waals surface area contributed by atoms with Crippen LogP contribution in [-0.4, -0.2) is 46.4 Å². The Balaban J connectivity index is 1.44. The van der Waals surface area contributed by atoms with Gasteiger partial charge in [-0.2, -0.15) is 0 Å². The molecule has 1 amide bonds. The van der Waals surface area contributed by atoms with Crippen molar-refractivity contribution in [3.63, 3.8) is 0 Å². The second kappa shape index (κ2) is 7.54. The summed E-state index contributed by atoms with van der Waals surface area (Å²) in [6.45, 7) is 3.56. The molecule has 1 aromatic heterocycles. The van der Waals surface area contributed by atoms with Gasteiger partial charge in [0.15, 0.2) is 0 Å². The molecular formula is C21H24FN3O. The maximum atomic E-state index is 13.9. The summed E-state index contributed by atoms with van der Waals surface area (Å²) >= 11 is 0. The van der Waals surface area contributed by atoms with E-state index in [0.29, 0.717) is 11.5 Å². The average molecular weight is 353 g/mol. The maximum absolute atomic E-state index is 13.9. The van der Waals surface area contributed by atoms with Crippen LogP contribution < -0.4 is 0 Å². The van der Waals surface area contributed by atoms with Crippen LogP contribution in [0.1, 0.15) is 24.0 Å². The highest BCUT2D eigenvalue weighted by molar-refractivity contribution is 5.79. The molecule has 3 aliphatic rings. The van der Waals surface area contributed by atoms with Gasteiger partial charge in [-0.1, -0.05) is 24.3 Å². The van der Waals surface area contributed by atoms with Gasteiger partial charge in [-0.25, -0.2) is 4.39 Å². The van der Waals surface area contributed by atoms with Crippen LogP contribution in [0.4, 0.5) is 4.39 Å². The molecule has 26 heavy (non-hydrogen) atoms. The number of hydrogen-bond donors (Lipinski definition) is 0. The predicted octanol–water partition coefficient (Wildman–Crippen LogP) is 2.89. The van der Waals surface area contributed by atoms with Gasteiger partial charge in [-0.15, -0.1) is 0 Å². The van der Waals surface area contributed by atoms with E-state index in [9.17, 15) is 9.18 Å². The largest absolute Gasteiger partial charge is 0.338 e.